The molecule has 1 rings (SSSR count). The molecule has 0 aliphatic carbocycles. The first kappa shape index (κ1) is 18.8. The van der Waals surface area contributed by atoms with Gasteiger partial charge in [0.2, 0.25) is 10.1 Å². The van der Waals surface area contributed by atoms with Crippen LogP contribution in [0.2, 0.25) is 0 Å². The first-order chi connectivity index (χ1) is 9.45. The van der Waals surface area contributed by atoms with Crippen LogP contribution in [-0.2, 0) is 40.5 Å². The molecule has 0 fully saturated rings. The largest absolute Gasteiger partial charge is 0.330 e. The van der Waals surface area contributed by atoms with E-state index in [4.69, 9.17) is 18.2 Å². The van der Waals surface area contributed by atoms with Gasteiger partial charge >= 0.3 is 40.5 Å². The second-order valence-electron chi connectivity index (χ2n) is 3.35. The maximum absolute atomic E-state index is 11.0. The molecule has 1 heterocycles. The van der Waals surface area contributed by atoms with Crippen molar-refractivity contribution in [3.05, 3.63) is 0 Å². The lowest BCUT2D eigenvalue weighted by molar-refractivity contribution is 0.433. The minimum atomic E-state index is -5.77. The predicted octanol–water partition coefficient (Wildman–Crippen LogP) is -2.54. The highest BCUT2D eigenvalue weighted by Crippen LogP contribution is 2.26. The average molecular weight is 400 g/mol. The maximum Gasteiger partial charge on any atom is 0.330 e. The Bertz CT molecular complexity index is 993. The Morgan fingerprint density at radius 2 is 0.864 bits per heavy atom. The van der Waals surface area contributed by atoms with Crippen molar-refractivity contribution < 1.29 is 51.9 Å². The number of aromatic nitrogens is 2. The van der Waals surface area contributed by atoms with Gasteiger partial charge in [0.15, 0.2) is 4.90 Å². The molecule has 0 bridgehead atoms. The zero-order valence-electron chi connectivity index (χ0n) is 9.58. The van der Waals surface area contributed by atoms with Gasteiger partial charge in [0.1, 0.15) is 0 Å². The molecule has 1 aromatic rings. The molecule has 0 atom stereocenters. The molecule has 1 aromatic heterocycles. The highest BCUT2D eigenvalue weighted by molar-refractivity contribution is 7.90. The van der Waals surface area contributed by atoms with Crippen LogP contribution in [0.5, 0.6) is 0 Å². The molecule has 0 radical (unpaired) electrons. The van der Waals surface area contributed by atoms with Crippen LogP contribution in [0.3, 0.4) is 0 Å². The number of nitrogens with zero attached hydrogens (tertiary/aromatic N) is 2. The minimum Gasteiger partial charge on any atom is -0.282 e. The van der Waals surface area contributed by atoms with Crippen LogP contribution in [0.1, 0.15) is 0 Å². The first-order valence-corrected chi connectivity index (χ1v) is 10.0. The molecular weight excluding hydrogens is 396 g/mol. The molecule has 0 unspecified atom stereocenters. The monoisotopic (exact) mass is 400 g/mol. The zero-order chi connectivity index (χ0) is 17.7. The Hall–Kier alpha value is -1.28. The van der Waals surface area contributed by atoms with E-state index in [-0.39, 0.29) is 0 Å². The normalized spacial score (nSPS) is 14.0. The van der Waals surface area contributed by atoms with E-state index in [0.717, 1.165) is 0 Å². The van der Waals surface area contributed by atoms with Crippen molar-refractivity contribution in [3.8, 4) is 0 Å². The van der Waals surface area contributed by atoms with Crippen LogP contribution in [-0.4, -0.2) is 61.9 Å². The van der Waals surface area contributed by atoms with E-state index in [2.05, 4.69) is 9.97 Å². The lowest BCUT2D eigenvalue weighted by atomic mass is 10.7. The van der Waals surface area contributed by atoms with Gasteiger partial charge in [-0.25, -0.2) is 9.97 Å². The fraction of sp³-hybridized carbons (Fsp3) is 0. The third kappa shape index (κ3) is 3.92. The van der Waals surface area contributed by atoms with Gasteiger partial charge in [-0.15, -0.1) is 0 Å². The van der Waals surface area contributed by atoms with Gasteiger partial charge in [-0.3, -0.25) is 18.2 Å². The first-order valence-electron chi connectivity index (χ1n) is 4.27. The molecule has 0 amide bonds. The van der Waals surface area contributed by atoms with Crippen molar-refractivity contribution in [2.24, 2.45) is 0 Å². The van der Waals surface area contributed by atoms with Crippen LogP contribution in [0.15, 0.2) is 20.1 Å². The molecular formula is C4H4N2O12S4. The van der Waals surface area contributed by atoms with E-state index in [1.165, 1.54) is 0 Å². The molecule has 18 heteroatoms. The van der Waals surface area contributed by atoms with Gasteiger partial charge in [-0.05, 0) is 0 Å². The van der Waals surface area contributed by atoms with Crippen LogP contribution in [0.4, 0.5) is 0 Å². The summed E-state index contributed by atoms with van der Waals surface area (Å²) in [4.78, 5) is 2.70. The van der Waals surface area contributed by atoms with E-state index < -0.39 is 60.6 Å². The van der Waals surface area contributed by atoms with Crippen molar-refractivity contribution in [1.82, 2.24) is 9.97 Å². The Morgan fingerprint density at radius 1 is 0.545 bits per heavy atom. The van der Waals surface area contributed by atoms with E-state index >= 15 is 0 Å². The molecule has 0 aliphatic rings. The SMILES string of the molecule is O=S(=O)(O)c1nc(S(=O)(=O)O)c(S(=O)(=O)O)c(S(=O)(=O)O)n1. The molecule has 0 aromatic carbocycles. The maximum atomic E-state index is 11.0. The van der Waals surface area contributed by atoms with Crippen LogP contribution in [0, 0.1) is 0 Å². The fourth-order valence-electron chi connectivity index (χ4n) is 1.08. The average Bonchev–Trinajstić information content (AvgIpc) is 2.22. The summed E-state index contributed by atoms with van der Waals surface area (Å²) in [6, 6.07) is 0. The topological polar surface area (TPSA) is 243 Å². The third-order valence-corrected chi connectivity index (χ3v) is 5.13. The van der Waals surface area contributed by atoms with Gasteiger partial charge in [-0.2, -0.15) is 33.7 Å². The third-order valence-electron chi connectivity index (χ3n) is 1.76. The summed E-state index contributed by atoms with van der Waals surface area (Å²) in [7, 11) is -22.7. The summed E-state index contributed by atoms with van der Waals surface area (Å²) in [6.07, 6.45) is 0. The number of rotatable bonds is 4. The summed E-state index contributed by atoms with van der Waals surface area (Å²) >= 11 is 0. The van der Waals surface area contributed by atoms with Crippen molar-refractivity contribution >= 4 is 40.5 Å². The molecule has 14 nitrogen and oxygen atoms in total. The molecule has 0 aliphatic heterocycles. The Labute approximate surface area is 122 Å². The van der Waals surface area contributed by atoms with Crippen molar-refractivity contribution in [2.45, 2.75) is 20.1 Å². The van der Waals surface area contributed by atoms with E-state index in [9.17, 15) is 33.7 Å². The summed E-state index contributed by atoms with van der Waals surface area (Å²) in [6.45, 7) is 0. The number of hydrogen-bond donors (Lipinski definition) is 4. The lowest BCUT2D eigenvalue weighted by Crippen LogP contribution is -2.21. The van der Waals surface area contributed by atoms with Gasteiger partial charge in [0.25, 0.3) is 5.16 Å². The smallest absolute Gasteiger partial charge is 0.282 e. The van der Waals surface area contributed by atoms with Gasteiger partial charge in [0.05, 0.1) is 0 Å². The van der Waals surface area contributed by atoms with Crippen LogP contribution < -0.4 is 0 Å². The second-order valence-corrected chi connectivity index (χ2v) is 8.69. The van der Waals surface area contributed by atoms with Crippen LogP contribution in [0.25, 0.3) is 0 Å². The Balaban J connectivity index is 4.34. The molecule has 126 valence electrons. The summed E-state index contributed by atoms with van der Waals surface area (Å²) in [5.74, 6) is 0. The fourth-order valence-corrected chi connectivity index (χ4v) is 4.53. The standard InChI is InChI=1S/C4H4N2O12S4/c7-19(8,9)1-2(20(10,11)12)5-4(22(16,17)18)6-3(1)21(13,14)15/h(H,7,8,9)(H,10,11,12)(H,13,14,15)(H,16,17,18). The van der Waals surface area contributed by atoms with Gasteiger partial charge in [0, 0.05) is 0 Å². The zero-order valence-corrected chi connectivity index (χ0v) is 12.8. The molecule has 4 N–H and O–H groups in total. The Morgan fingerprint density at radius 3 is 1.05 bits per heavy atom. The molecule has 0 saturated heterocycles. The quantitative estimate of drug-likeness (QED) is 0.231. The highest BCUT2D eigenvalue weighted by Gasteiger charge is 2.38. The molecule has 0 saturated carbocycles. The van der Waals surface area contributed by atoms with Gasteiger partial charge in [-0.1, -0.05) is 0 Å². The van der Waals surface area contributed by atoms with E-state index in [1.807, 2.05) is 0 Å². The van der Waals surface area contributed by atoms with Crippen molar-refractivity contribution in [3.63, 3.8) is 0 Å². The summed E-state index contributed by atoms with van der Waals surface area (Å²) in [5.41, 5.74) is 0. The van der Waals surface area contributed by atoms with Crippen molar-refractivity contribution in [2.75, 3.05) is 0 Å². The molecule has 0 spiro atoms. The Kier molecular flexibility index (Phi) is 4.37. The van der Waals surface area contributed by atoms with Crippen LogP contribution >= 0.6 is 0 Å². The molecule has 22 heavy (non-hydrogen) atoms. The number of hydrogen-bond acceptors (Lipinski definition) is 10. The van der Waals surface area contributed by atoms with E-state index in [0.29, 0.717) is 0 Å². The van der Waals surface area contributed by atoms with E-state index in [1.54, 1.807) is 0 Å². The summed E-state index contributed by atoms with van der Waals surface area (Å²) in [5, 5.41) is -6.35. The lowest BCUT2D eigenvalue weighted by Gasteiger charge is -2.08. The van der Waals surface area contributed by atoms with Crippen molar-refractivity contribution in [1.29, 1.82) is 0 Å². The predicted molar refractivity (Wildman–Crippen MR) is 61.3 cm³/mol. The highest BCUT2D eigenvalue weighted by atomic mass is 32.2. The second kappa shape index (κ2) is 5.13. The minimum absolute atomic E-state index is 1.97. The summed E-state index contributed by atoms with van der Waals surface area (Å²) < 4.78 is 123. The van der Waals surface area contributed by atoms with Gasteiger partial charge < -0.3 is 0 Å².